The maximum atomic E-state index is 12.2. The van der Waals surface area contributed by atoms with E-state index in [4.69, 9.17) is 14.2 Å². The van der Waals surface area contributed by atoms with Crippen LogP contribution >= 0.6 is 23.5 Å². The van der Waals surface area contributed by atoms with E-state index in [1.807, 2.05) is 78.1 Å². The van der Waals surface area contributed by atoms with Crippen LogP contribution in [0.15, 0.2) is 121 Å². The van der Waals surface area contributed by atoms with Crippen LogP contribution in [-0.4, -0.2) is 52.7 Å². The van der Waals surface area contributed by atoms with Crippen LogP contribution in [0, 0.1) is 0 Å². The highest BCUT2D eigenvalue weighted by molar-refractivity contribution is 8.18. The minimum Gasteiger partial charge on any atom is -0.375 e. The van der Waals surface area contributed by atoms with E-state index in [0.717, 1.165) is 34.6 Å². The molecule has 1 N–H and O–H groups in total. The fraction of sp³-hybridized carbons (Fsp3) is 0.333. The predicted molar refractivity (Wildman–Crippen MR) is 175 cm³/mol. The third-order valence-electron chi connectivity index (χ3n) is 8.10. The molecule has 4 aromatic rings. The number of thioether (sulfide) groups is 2. The average molecular weight is 614 g/mol. The lowest BCUT2D eigenvalue weighted by molar-refractivity contribution is -0.167. The highest BCUT2D eigenvalue weighted by atomic mass is 32.2. The Kier molecular flexibility index (Phi) is 10.5. The molecule has 7 heteroatoms. The van der Waals surface area contributed by atoms with E-state index in [1.165, 1.54) is 10.6 Å². The van der Waals surface area contributed by atoms with Crippen molar-refractivity contribution in [2.75, 3.05) is 18.1 Å². The van der Waals surface area contributed by atoms with Crippen LogP contribution in [0.1, 0.15) is 28.7 Å². The standard InChI is InChI=1S/C36H39NO4S2/c38-37-32(27-39-24-28-14-5-1-6-15-28)33(40-25-29-16-7-2-8-17-29)34(41-26-30-18-9-3-10-19-30)35(37)36(42-22-13-23-43-36)31-20-11-4-12-21-31/h1-12,14-21,32-35,38H,13,22-27H2/t32-,33-,34+,35+/m0/s1. The summed E-state index contributed by atoms with van der Waals surface area (Å²) in [5.74, 6) is 2.03. The fourth-order valence-electron chi connectivity index (χ4n) is 5.99. The first-order valence-corrected chi connectivity index (χ1v) is 16.9. The molecule has 0 spiro atoms. The number of rotatable bonds is 12. The molecule has 0 aromatic heterocycles. The molecule has 0 bridgehead atoms. The molecule has 2 heterocycles. The van der Waals surface area contributed by atoms with Crippen molar-refractivity contribution in [2.45, 2.75) is 54.6 Å². The Morgan fingerprint density at radius 3 is 1.63 bits per heavy atom. The molecule has 43 heavy (non-hydrogen) atoms. The molecule has 2 aliphatic heterocycles. The molecule has 5 nitrogen and oxygen atoms in total. The topological polar surface area (TPSA) is 51.2 Å². The van der Waals surface area contributed by atoms with Crippen LogP contribution < -0.4 is 0 Å². The number of ether oxygens (including phenoxy) is 3. The summed E-state index contributed by atoms with van der Waals surface area (Å²) in [5.41, 5.74) is 4.46. The lowest BCUT2D eigenvalue weighted by Crippen LogP contribution is -2.51. The van der Waals surface area contributed by atoms with Crippen molar-refractivity contribution in [2.24, 2.45) is 0 Å². The fourth-order valence-corrected chi connectivity index (χ4v) is 9.62. The molecular weight excluding hydrogens is 575 g/mol. The van der Waals surface area contributed by atoms with Crippen LogP contribution in [0.3, 0.4) is 0 Å². The lowest BCUT2D eigenvalue weighted by Gasteiger charge is -2.45. The summed E-state index contributed by atoms with van der Waals surface area (Å²) in [5, 5.41) is 13.7. The average Bonchev–Trinajstić information content (AvgIpc) is 3.35. The van der Waals surface area contributed by atoms with Gasteiger partial charge >= 0.3 is 0 Å². The molecule has 0 amide bonds. The quantitative estimate of drug-likeness (QED) is 0.177. The van der Waals surface area contributed by atoms with Crippen molar-refractivity contribution in [1.82, 2.24) is 5.06 Å². The van der Waals surface area contributed by atoms with Crippen LogP contribution in [-0.2, 0) is 38.1 Å². The van der Waals surface area contributed by atoms with Crippen molar-refractivity contribution in [3.63, 3.8) is 0 Å². The lowest BCUT2D eigenvalue weighted by atomic mass is 9.98. The SMILES string of the molecule is ON1[C@@H](COCc2ccccc2)[C@H](OCc2ccccc2)[C@@H](OCc2ccccc2)[C@@H]1C1(c2ccccc2)SCCCS1. The Hall–Kier alpha value is -2.62. The molecule has 0 radical (unpaired) electrons. The molecule has 4 atom stereocenters. The largest absolute Gasteiger partial charge is 0.375 e. The molecule has 224 valence electrons. The maximum absolute atomic E-state index is 12.2. The van der Waals surface area contributed by atoms with Crippen molar-refractivity contribution in [1.29, 1.82) is 0 Å². The highest BCUT2D eigenvalue weighted by Crippen LogP contribution is 2.57. The van der Waals surface area contributed by atoms with Gasteiger partial charge in [-0.05, 0) is 40.2 Å². The normalized spacial score (nSPS) is 23.7. The van der Waals surface area contributed by atoms with Gasteiger partial charge in [-0.2, -0.15) is 5.06 Å². The second kappa shape index (κ2) is 14.9. The van der Waals surface area contributed by atoms with Gasteiger partial charge in [0, 0.05) is 0 Å². The van der Waals surface area contributed by atoms with Crippen molar-refractivity contribution < 1.29 is 19.4 Å². The molecule has 2 saturated heterocycles. The molecule has 0 aliphatic carbocycles. The number of hydrogen-bond donors (Lipinski definition) is 1. The van der Waals surface area contributed by atoms with E-state index in [9.17, 15) is 5.21 Å². The first kappa shape index (κ1) is 30.4. The summed E-state index contributed by atoms with van der Waals surface area (Å²) < 4.78 is 19.5. The molecule has 4 aromatic carbocycles. The molecule has 0 unspecified atom stereocenters. The summed E-state index contributed by atoms with van der Waals surface area (Å²) in [6.45, 7) is 1.63. The van der Waals surface area contributed by atoms with E-state index in [2.05, 4.69) is 66.7 Å². The third-order valence-corrected chi connectivity index (χ3v) is 11.6. The highest BCUT2D eigenvalue weighted by Gasteiger charge is 2.60. The summed E-state index contributed by atoms with van der Waals surface area (Å²) >= 11 is 3.83. The Morgan fingerprint density at radius 1 is 0.628 bits per heavy atom. The van der Waals surface area contributed by atoms with E-state index in [1.54, 1.807) is 0 Å². The van der Waals surface area contributed by atoms with Crippen LogP contribution in [0.2, 0.25) is 0 Å². The second-order valence-electron chi connectivity index (χ2n) is 11.0. The van der Waals surface area contributed by atoms with Gasteiger partial charge in [0.25, 0.3) is 0 Å². The van der Waals surface area contributed by atoms with E-state index < -0.39 is 22.3 Å². The molecule has 6 rings (SSSR count). The smallest absolute Gasteiger partial charge is 0.106 e. The van der Waals surface area contributed by atoms with E-state index in [-0.39, 0.29) is 6.04 Å². The number of nitrogens with zero attached hydrogens (tertiary/aromatic N) is 1. The number of hydrogen-bond acceptors (Lipinski definition) is 7. The molecule has 0 saturated carbocycles. The van der Waals surface area contributed by atoms with Gasteiger partial charge in [-0.25, -0.2) is 0 Å². The Labute approximate surface area is 263 Å². The van der Waals surface area contributed by atoms with Crippen LogP contribution in [0.25, 0.3) is 0 Å². The minimum atomic E-state index is -0.432. The van der Waals surface area contributed by atoms with Crippen molar-refractivity contribution in [3.8, 4) is 0 Å². The van der Waals surface area contributed by atoms with Gasteiger partial charge in [-0.3, -0.25) is 0 Å². The van der Waals surface area contributed by atoms with Crippen LogP contribution in [0.5, 0.6) is 0 Å². The van der Waals surface area contributed by atoms with Gasteiger partial charge in [0.05, 0.1) is 38.5 Å². The summed E-state index contributed by atoms with van der Waals surface area (Å²) in [6.07, 6.45) is 0.311. The van der Waals surface area contributed by atoms with E-state index >= 15 is 0 Å². The summed E-state index contributed by atoms with van der Waals surface area (Å²) in [6, 6.07) is 40.4. The predicted octanol–water partition coefficient (Wildman–Crippen LogP) is 7.54. The third kappa shape index (κ3) is 7.21. The Morgan fingerprint density at radius 2 is 1.09 bits per heavy atom. The molecular formula is C36H39NO4S2. The van der Waals surface area contributed by atoms with Crippen molar-refractivity contribution in [3.05, 3.63) is 144 Å². The monoisotopic (exact) mass is 613 g/mol. The number of benzene rings is 4. The van der Waals surface area contributed by atoms with Gasteiger partial charge in [-0.1, -0.05) is 121 Å². The molecule has 2 fully saturated rings. The Balaban J connectivity index is 1.35. The Bertz CT molecular complexity index is 1370. The zero-order valence-electron chi connectivity index (χ0n) is 24.2. The van der Waals surface area contributed by atoms with Gasteiger partial charge in [0.1, 0.15) is 16.3 Å². The van der Waals surface area contributed by atoms with E-state index in [0.29, 0.717) is 26.4 Å². The maximum Gasteiger partial charge on any atom is 0.106 e. The first-order chi connectivity index (χ1) is 21.2. The number of hydroxylamine groups is 2. The van der Waals surface area contributed by atoms with Gasteiger partial charge < -0.3 is 19.4 Å². The van der Waals surface area contributed by atoms with Gasteiger partial charge in [-0.15, -0.1) is 23.5 Å². The summed E-state index contributed by atoms with van der Waals surface area (Å²) in [4.78, 5) is 0. The zero-order valence-corrected chi connectivity index (χ0v) is 25.9. The first-order valence-electron chi connectivity index (χ1n) is 15.0. The second-order valence-corrected chi connectivity index (χ2v) is 13.9. The van der Waals surface area contributed by atoms with Crippen LogP contribution in [0.4, 0.5) is 0 Å². The van der Waals surface area contributed by atoms with Gasteiger partial charge in [0.15, 0.2) is 0 Å². The summed E-state index contributed by atoms with van der Waals surface area (Å²) in [7, 11) is 0. The minimum absolute atomic E-state index is 0.312. The van der Waals surface area contributed by atoms with Gasteiger partial charge in [0.2, 0.25) is 0 Å². The van der Waals surface area contributed by atoms with Crippen molar-refractivity contribution >= 4 is 23.5 Å². The zero-order chi connectivity index (χ0) is 29.3. The molecule has 2 aliphatic rings.